The van der Waals surface area contributed by atoms with Crippen LogP contribution in [0, 0.1) is 18.3 Å². The molecule has 214 valence electrons. The number of likely N-dealkylation sites (tertiary alicyclic amines) is 1. The van der Waals surface area contributed by atoms with Gasteiger partial charge in [-0.1, -0.05) is 48.0 Å². The summed E-state index contributed by atoms with van der Waals surface area (Å²) < 4.78 is 25.7. The highest BCUT2D eigenvalue weighted by atomic mass is 16.8. The first-order chi connectivity index (χ1) is 19.3. The molecule has 5 rings (SSSR count). The third kappa shape index (κ3) is 6.73. The predicted octanol–water partition coefficient (Wildman–Crippen LogP) is 4.23. The van der Waals surface area contributed by atoms with E-state index in [1.54, 1.807) is 6.07 Å². The number of nitrogens with zero attached hydrogens (tertiary/aromatic N) is 2. The molecule has 8 nitrogen and oxygen atoms in total. The number of hydrogen-bond acceptors (Lipinski definition) is 7. The Hall–Kier alpha value is -2.80. The number of ether oxygens (including phenoxy) is 4. The van der Waals surface area contributed by atoms with Crippen molar-refractivity contribution in [3.63, 3.8) is 0 Å². The number of carbonyl (C=O) groups excluding carboxylic acids is 1. The molecule has 3 fully saturated rings. The van der Waals surface area contributed by atoms with Crippen molar-refractivity contribution in [2.45, 2.75) is 89.4 Å². The molecule has 2 aliphatic heterocycles. The first kappa shape index (κ1) is 28.7. The third-order valence-corrected chi connectivity index (χ3v) is 8.16. The van der Waals surface area contributed by atoms with Gasteiger partial charge in [0.1, 0.15) is 6.10 Å². The van der Waals surface area contributed by atoms with Crippen LogP contribution in [0.15, 0.2) is 48.5 Å². The number of carbonyl (C=O) groups is 1. The standard InChI is InChI=1S/C32H41N3O5/c1-23-9-8-10-24(17-23)21-38-32(30(36)34-13-16-35-14-6-7-15-35)18-27(29-28(19-32)39-31(2,3)40-29)37-22-26-12-5-4-11-25(26)20-33/h4-5,8-12,17,27-29H,6-7,13-16,18-19,21-22H2,1-3H3,(H,34,36)/t27?,28-,29+,32-/m1/s1. The van der Waals surface area contributed by atoms with Crippen molar-refractivity contribution in [3.8, 4) is 6.07 Å². The summed E-state index contributed by atoms with van der Waals surface area (Å²) in [5.74, 6) is -0.947. The second-order valence-electron chi connectivity index (χ2n) is 11.7. The molecule has 1 N–H and O–H groups in total. The Kier molecular flexibility index (Phi) is 8.89. The molecule has 1 unspecified atom stereocenters. The molecule has 1 saturated carbocycles. The first-order valence-corrected chi connectivity index (χ1v) is 14.4. The topological polar surface area (TPSA) is 93.1 Å². The normalized spacial score (nSPS) is 27.7. The van der Waals surface area contributed by atoms with Crippen LogP contribution < -0.4 is 5.32 Å². The predicted molar refractivity (Wildman–Crippen MR) is 150 cm³/mol. The van der Waals surface area contributed by atoms with Gasteiger partial charge in [-0.05, 0) is 63.9 Å². The summed E-state index contributed by atoms with van der Waals surface area (Å²) in [6.07, 6.45) is 1.93. The van der Waals surface area contributed by atoms with E-state index < -0.39 is 17.5 Å². The highest BCUT2D eigenvalue weighted by Crippen LogP contribution is 2.44. The third-order valence-electron chi connectivity index (χ3n) is 8.16. The average molecular weight is 548 g/mol. The minimum atomic E-state index is -1.15. The lowest BCUT2D eigenvalue weighted by molar-refractivity contribution is -0.183. The molecule has 2 heterocycles. The first-order valence-electron chi connectivity index (χ1n) is 14.4. The molecular weight excluding hydrogens is 506 g/mol. The number of rotatable bonds is 10. The van der Waals surface area contributed by atoms with E-state index in [2.05, 4.69) is 22.4 Å². The monoisotopic (exact) mass is 547 g/mol. The molecule has 8 heteroatoms. The minimum Gasteiger partial charge on any atom is -0.371 e. The Morgan fingerprint density at radius 2 is 1.90 bits per heavy atom. The fraction of sp³-hybridized carbons (Fsp3) is 0.562. The highest BCUT2D eigenvalue weighted by Gasteiger charge is 2.58. The molecule has 3 aliphatic rings. The fourth-order valence-electron chi connectivity index (χ4n) is 6.18. The zero-order valence-electron chi connectivity index (χ0n) is 23.9. The Bertz CT molecular complexity index is 1220. The fourth-order valence-corrected chi connectivity index (χ4v) is 6.18. The van der Waals surface area contributed by atoms with Gasteiger partial charge in [-0.15, -0.1) is 0 Å². The molecule has 1 aliphatic carbocycles. The average Bonchev–Trinajstić information content (AvgIpc) is 3.57. The molecule has 2 aromatic rings. The van der Waals surface area contributed by atoms with Gasteiger partial charge in [0.05, 0.1) is 37.1 Å². The zero-order chi connectivity index (χ0) is 28.2. The van der Waals surface area contributed by atoms with Crippen LogP contribution in [0.25, 0.3) is 0 Å². The maximum absolute atomic E-state index is 14.0. The SMILES string of the molecule is Cc1cccc(CO[C@]2(C(=O)NCCN3CCCC3)CC(OCc3ccccc3C#N)[C@@H]3OC(C)(C)O[C@@H]3C2)c1. The summed E-state index contributed by atoms with van der Waals surface area (Å²) in [6.45, 7) is 9.89. The minimum absolute atomic E-state index is 0.142. The van der Waals surface area contributed by atoms with Gasteiger partial charge >= 0.3 is 0 Å². The Morgan fingerprint density at radius 3 is 2.67 bits per heavy atom. The number of nitrogens with one attached hydrogen (secondary N) is 1. The van der Waals surface area contributed by atoms with Gasteiger partial charge in [0.2, 0.25) is 0 Å². The smallest absolute Gasteiger partial charge is 0.252 e. The van der Waals surface area contributed by atoms with Crippen molar-refractivity contribution >= 4 is 5.91 Å². The second-order valence-corrected chi connectivity index (χ2v) is 11.7. The van der Waals surface area contributed by atoms with Crippen molar-refractivity contribution in [3.05, 3.63) is 70.8 Å². The second kappa shape index (κ2) is 12.4. The van der Waals surface area contributed by atoms with Crippen LogP contribution in [0.3, 0.4) is 0 Å². The van der Waals surface area contributed by atoms with Gasteiger partial charge in [0.25, 0.3) is 5.91 Å². The van der Waals surface area contributed by atoms with Crippen LogP contribution in [0.4, 0.5) is 0 Å². The Morgan fingerprint density at radius 1 is 1.10 bits per heavy atom. The van der Waals surface area contributed by atoms with Crippen LogP contribution >= 0.6 is 0 Å². The van der Waals surface area contributed by atoms with E-state index in [4.69, 9.17) is 18.9 Å². The van der Waals surface area contributed by atoms with E-state index in [1.165, 1.54) is 12.8 Å². The van der Waals surface area contributed by atoms with Gasteiger partial charge in [0, 0.05) is 25.9 Å². The maximum atomic E-state index is 14.0. The molecule has 0 radical (unpaired) electrons. The summed E-state index contributed by atoms with van der Waals surface area (Å²) in [5.41, 5.74) is 2.36. The van der Waals surface area contributed by atoms with Crippen molar-refractivity contribution < 1.29 is 23.7 Å². The zero-order valence-corrected chi connectivity index (χ0v) is 23.9. The number of amides is 1. The van der Waals surface area contributed by atoms with E-state index in [0.29, 0.717) is 31.6 Å². The number of aryl methyl sites for hydroxylation is 1. The number of nitriles is 1. The molecule has 0 aromatic heterocycles. The summed E-state index contributed by atoms with van der Waals surface area (Å²) >= 11 is 0. The number of hydrogen-bond donors (Lipinski definition) is 1. The van der Waals surface area contributed by atoms with Crippen molar-refractivity contribution in [2.75, 3.05) is 26.2 Å². The van der Waals surface area contributed by atoms with Gasteiger partial charge in [-0.25, -0.2) is 0 Å². The van der Waals surface area contributed by atoms with Crippen LogP contribution in [-0.2, 0) is 37.0 Å². The molecule has 4 atom stereocenters. The van der Waals surface area contributed by atoms with Gasteiger partial charge in [-0.2, -0.15) is 5.26 Å². The van der Waals surface area contributed by atoms with Crippen LogP contribution in [-0.4, -0.2) is 66.7 Å². The molecule has 0 spiro atoms. The maximum Gasteiger partial charge on any atom is 0.252 e. The largest absolute Gasteiger partial charge is 0.371 e. The van der Waals surface area contributed by atoms with Gasteiger partial charge in [0.15, 0.2) is 11.4 Å². The van der Waals surface area contributed by atoms with E-state index in [1.807, 2.05) is 57.2 Å². The molecule has 2 aromatic carbocycles. The molecule has 2 saturated heterocycles. The van der Waals surface area contributed by atoms with Crippen LogP contribution in [0.1, 0.15) is 61.8 Å². The van der Waals surface area contributed by atoms with E-state index in [0.717, 1.165) is 36.3 Å². The highest BCUT2D eigenvalue weighted by molar-refractivity contribution is 5.85. The summed E-state index contributed by atoms with van der Waals surface area (Å²) in [7, 11) is 0. The summed E-state index contributed by atoms with van der Waals surface area (Å²) in [4.78, 5) is 16.4. The van der Waals surface area contributed by atoms with E-state index >= 15 is 0 Å². The quantitative estimate of drug-likeness (QED) is 0.476. The van der Waals surface area contributed by atoms with Crippen LogP contribution in [0.5, 0.6) is 0 Å². The van der Waals surface area contributed by atoms with Gasteiger partial charge in [-0.3, -0.25) is 4.79 Å². The lowest BCUT2D eigenvalue weighted by Crippen LogP contribution is -2.60. The van der Waals surface area contributed by atoms with Crippen LogP contribution in [0.2, 0.25) is 0 Å². The Labute approximate surface area is 237 Å². The number of fused-ring (bicyclic) bond motifs is 1. The van der Waals surface area contributed by atoms with Crippen molar-refractivity contribution in [1.82, 2.24) is 10.2 Å². The van der Waals surface area contributed by atoms with E-state index in [-0.39, 0.29) is 24.7 Å². The molecule has 1 amide bonds. The molecular formula is C32H41N3O5. The summed E-state index contributed by atoms with van der Waals surface area (Å²) in [5, 5.41) is 12.7. The number of benzene rings is 2. The Balaban J connectivity index is 1.38. The van der Waals surface area contributed by atoms with Gasteiger partial charge < -0.3 is 29.2 Å². The van der Waals surface area contributed by atoms with E-state index in [9.17, 15) is 10.1 Å². The molecule has 40 heavy (non-hydrogen) atoms. The van der Waals surface area contributed by atoms with Crippen molar-refractivity contribution in [2.24, 2.45) is 0 Å². The molecule has 0 bridgehead atoms. The van der Waals surface area contributed by atoms with Crippen molar-refractivity contribution in [1.29, 1.82) is 5.26 Å². The summed E-state index contributed by atoms with van der Waals surface area (Å²) in [6, 6.07) is 17.8. The lowest BCUT2D eigenvalue weighted by atomic mass is 9.78. The lowest BCUT2D eigenvalue weighted by Gasteiger charge is -2.43.